The molecule has 1 aliphatic rings. The summed E-state index contributed by atoms with van der Waals surface area (Å²) in [5.74, 6) is -0.427. The molecule has 126 valence electrons. The van der Waals surface area contributed by atoms with E-state index in [2.05, 4.69) is 5.32 Å². The number of nitrogens with one attached hydrogen (secondary N) is 1. The number of amides is 2. The molecule has 0 radical (unpaired) electrons. The SMILES string of the molecule is CC(NC(=O)c1cccc(Cl)c1Cl)C(=O)N1CCCCCCC1. The monoisotopic (exact) mass is 356 g/mol. The van der Waals surface area contributed by atoms with Gasteiger partial charge in [-0.2, -0.15) is 0 Å². The summed E-state index contributed by atoms with van der Waals surface area (Å²) >= 11 is 12.0. The number of carbonyl (C=O) groups excluding carboxylic acids is 2. The molecular weight excluding hydrogens is 335 g/mol. The number of halogens is 2. The summed E-state index contributed by atoms with van der Waals surface area (Å²) in [4.78, 5) is 26.7. The standard InChI is InChI=1S/C17H22Cl2N2O2/c1-12(17(23)21-10-5-3-2-4-6-11-21)20-16(22)13-8-7-9-14(18)15(13)19/h7-9,12H,2-6,10-11H2,1H3,(H,20,22). The lowest BCUT2D eigenvalue weighted by molar-refractivity contribution is -0.133. The van der Waals surface area contributed by atoms with E-state index in [0.29, 0.717) is 5.02 Å². The molecule has 0 bridgehead atoms. The molecule has 23 heavy (non-hydrogen) atoms. The average Bonchev–Trinajstić information content (AvgIpc) is 2.49. The number of nitrogens with zero attached hydrogens (tertiary/aromatic N) is 1. The fraction of sp³-hybridized carbons (Fsp3) is 0.529. The summed E-state index contributed by atoms with van der Waals surface area (Å²) in [7, 11) is 0. The van der Waals surface area contributed by atoms with Crippen molar-refractivity contribution in [1.29, 1.82) is 0 Å². The van der Waals surface area contributed by atoms with Crippen molar-refractivity contribution in [3.63, 3.8) is 0 Å². The summed E-state index contributed by atoms with van der Waals surface area (Å²) in [5, 5.41) is 3.25. The third kappa shape index (κ3) is 4.85. The first-order chi connectivity index (χ1) is 11.0. The lowest BCUT2D eigenvalue weighted by Gasteiger charge is -2.28. The molecule has 0 aromatic heterocycles. The molecule has 1 aromatic carbocycles. The largest absolute Gasteiger partial charge is 0.341 e. The Morgan fingerprint density at radius 3 is 2.35 bits per heavy atom. The van der Waals surface area contributed by atoms with Crippen molar-refractivity contribution in [3.05, 3.63) is 33.8 Å². The first-order valence-electron chi connectivity index (χ1n) is 8.04. The van der Waals surface area contributed by atoms with Crippen LogP contribution in [0.15, 0.2) is 18.2 Å². The van der Waals surface area contributed by atoms with E-state index in [9.17, 15) is 9.59 Å². The Balaban J connectivity index is 1.99. The van der Waals surface area contributed by atoms with Gasteiger partial charge in [0.1, 0.15) is 6.04 Å². The highest BCUT2D eigenvalue weighted by Crippen LogP contribution is 2.25. The number of rotatable bonds is 3. The summed E-state index contributed by atoms with van der Waals surface area (Å²) < 4.78 is 0. The summed E-state index contributed by atoms with van der Waals surface area (Å²) in [5.41, 5.74) is 0.284. The number of hydrogen-bond acceptors (Lipinski definition) is 2. The van der Waals surface area contributed by atoms with Crippen LogP contribution < -0.4 is 5.32 Å². The van der Waals surface area contributed by atoms with Gasteiger partial charge in [0.05, 0.1) is 15.6 Å². The van der Waals surface area contributed by atoms with Crippen molar-refractivity contribution >= 4 is 35.0 Å². The van der Waals surface area contributed by atoms with E-state index < -0.39 is 6.04 Å². The Hall–Kier alpha value is -1.26. The molecule has 4 nitrogen and oxygen atoms in total. The second-order valence-corrected chi connectivity index (χ2v) is 6.67. The number of benzene rings is 1. The Morgan fingerprint density at radius 1 is 1.09 bits per heavy atom. The van der Waals surface area contributed by atoms with Gasteiger partial charge in [0.2, 0.25) is 5.91 Å². The van der Waals surface area contributed by atoms with Crippen molar-refractivity contribution in [3.8, 4) is 0 Å². The Morgan fingerprint density at radius 2 is 1.70 bits per heavy atom. The fourth-order valence-electron chi connectivity index (χ4n) is 2.76. The molecule has 1 atom stereocenters. The van der Waals surface area contributed by atoms with Gasteiger partial charge in [0.15, 0.2) is 0 Å². The van der Waals surface area contributed by atoms with Crippen molar-refractivity contribution in [2.45, 2.75) is 45.1 Å². The van der Waals surface area contributed by atoms with Crippen LogP contribution in [0.2, 0.25) is 10.0 Å². The second-order valence-electron chi connectivity index (χ2n) is 5.89. The van der Waals surface area contributed by atoms with Crippen LogP contribution in [-0.2, 0) is 4.79 Å². The van der Waals surface area contributed by atoms with Crippen LogP contribution in [0.4, 0.5) is 0 Å². The highest BCUT2D eigenvalue weighted by atomic mass is 35.5. The smallest absolute Gasteiger partial charge is 0.253 e. The third-order valence-corrected chi connectivity index (χ3v) is 4.90. The molecule has 1 aromatic rings. The second kappa shape index (κ2) is 8.55. The highest BCUT2D eigenvalue weighted by Gasteiger charge is 2.23. The van der Waals surface area contributed by atoms with E-state index >= 15 is 0 Å². The first-order valence-corrected chi connectivity index (χ1v) is 8.80. The van der Waals surface area contributed by atoms with E-state index in [1.54, 1.807) is 25.1 Å². The molecule has 0 spiro atoms. The molecule has 1 heterocycles. The normalized spacial score (nSPS) is 17.1. The van der Waals surface area contributed by atoms with Crippen LogP contribution in [0.3, 0.4) is 0 Å². The summed E-state index contributed by atoms with van der Waals surface area (Å²) in [6.07, 6.45) is 5.59. The van der Waals surface area contributed by atoms with Crippen LogP contribution in [-0.4, -0.2) is 35.8 Å². The molecule has 0 saturated carbocycles. The lowest BCUT2D eigenvalue weighted by Crippen LogP contribution is -2.47. The first kappa shape index (κ1) is 18.1. The van der Waals surface area contributed by atoms with Gasteiger partial charge >= 0.3 is 0 Å². The molecule has 1 unspecified atom stereocenters. The van der Waals surface area contributed by atoms with Crippen LogP contribution in [0.25, 0.3) is 0 Å². The Kier molecular flexibility index (Phi) is 6.72. The highest BCUT2D eigenvalue weighted by molar-refractivity contribution is 6.43. The minimum atomic E-state index is -0.586. The molecule has 1 saturated heterocycles. The van der Waals surface area contributed by atoms with Gasteiger partial charge in [0, 0.05) is 13.1 Å². The molecule has 1 fully saturated rings. The average molecular weight is 357 g/mol. The summed E-state index contributed by atoms with van der Waals surface area (Å²) in [6, 6.07) is 4.29. The van der Waals surface area contributed by atoms with Crippen molar-refractivity contribution in [2.75, 3.05) is 13.1 Å². The zero-order chi connectivity index (χ0) is 16.8. The van der Waals surface area contributed by atoms with Gasteiger partial charge in [-0.1, -0.05) is 48.5 Å². The fourth-order valence-corrected chi connectivity index (χ4v) is 3.14. The summed E-state index contributed by atoms with van der Waals surface area (Å²) in [6.45, 7) is 3.23. The maximum Gasteiger partial charge on any atom is 0.253 e. The number of likely N-dealkylation sites (tertiary alicyclic amines) is 1. The molecule has 2 rings (SSSR count). The third-order valence-electron chi connectivity index (χ3n) is 4.08. The Bertz CT molecular complexity index is 570. The number of hydrogen-bond donors (Lipinski definition) is 1. The number of carbonyl (C=O) groups is 2. The van der Waals surface area contributed by atoms with E-state index in [-0.39, 0.29) is 22.4 Å². The minimum absolute atomic E-state index is 0.0431. The van der Waals surface area contributed by atoms with Gasteiger partial charge in [-0.05, 0) is 31.9 Å². The van der Waals surface area contributed by atoms with E-state index in [1.807, 2.05) is 4.90 Å². The topological polar surface area (TPSA) is 49.4 Å². The molecule has 0 aliphatic carbocycles. The predicted molar refractivity (Wildman–Crippen MR) is 93.1 cm³/mol. The van der Waals surface area contributed by atoms with E-state index in [1.165, 1.54) is 6.42 Å². The van der Waals surface area contributed by atoms with Crippen LogP contribution in [0.1, 0.15) is 49.4 Å². The molecule has 1 aliphatic heterocycles. The van der Waals surface area contributed by atoms with Gasteiger partial charge in [-0.3, -0.25) is 9.59 Å². The maximum absolute atomic E-state index is 12.5. The molecule has 6 heteroatoms. The van der Waals surface area contributed by atoms with Gasteiger partial charge in [0.25, 0.3) is 5.91 Å². The minimum Gasteiger partial charge on any atom is -0.341 e. The van der Waals surface area contributed by atoms with Crippen LogP contribution in [0, 0.1) is 0 Å². The van der Waals surface area contributed by atoms with Crippen LogP contribution >= 0.6 is 23.2 Å². The molecular formula is C17H22Cl2N2O2. The lowest BCUT2D eigenvalue weighted by atomic mass is 10.1. The predicted octanol–water partition coefficient (Wildman–Crippen LogP) is 3.90. The zero-order valence-corrected chi connectivity index (χ0v) is 14.8. The van der Waals surface area contributed by atoms with Crippen LogP contribution in [0.5, 0.6) is 0 Å². The van der Waals surface area contributed by atoms with E-state index in [0.717, 1.165) is 38.8 Å². The zero-order valence-electron chi connectivity index (χ0n) is 13.3. The molecule has 2 amide bonds. The van der Waals surface area contributed by atoms with Crippen molar-refractivity contribution in [1.82, 2.24) is 10.2 Å². The van der Waals surface area contributed by atoms with E-state index in [4.69, 9.17) is 23.2 Å². The van der Waals surface area contributed by atoms with Gasteiger partial charge in [-0.25, -0.2) is 0 Å². The van der Waals surface area contributed by atoms with Crippen molar-refractivity contribution in [2.24, 2.45) is 0 Å². The Labute approximate surface area is 147 Å². The van der Waals surface area contributed by atoms with Gasteiger partial charge < -0.3 is 10.2 Å². The maximum atomic E-state index is 12.5. The quantitative estimate of drug-likeness (QED) is 0.892. The van der Waals surface area contributed by atoms with Gasteiger partial charge in [-0.15, -0.1) is 0 Å². The van der Waals surface area contributed by atoms with Crippen molar-refractivity contribution < 1.29 is 9.59 Å². The molecule has 1 N–H and O–H groups in total.